The van der Waals surface area contributed by atoms with Crippen LogP contribution in [0, 0.1) is 0 Å². The van der Waals surface area contributed by atoms with Crippen molar-refractivity contribution in [1.29, 1.82) is 0 Å². The van der Waals surface area contributed by atoms with Crippen LogP contribution < -0.4 is 15.2 Å². The Morgan fingerprint density at radius 2 is 1.79 bits per heavy atom. The predicted octanol–water partition coefficient (Wildman–Crippen LogP) is 1.74. The molecule has 128 valence electrons. The molecule has 0 fully saturated rings. The minimum atomic E-state index is -3.76. The number of sulfonamides is 1. The summed E-state index contributed by atoms with van der Waals surface area (Å²) in [5, 5.41) is 7.72. The number of amides is 1. The summed E-state index contributed by atoms with van der Waals surface area (Å²) in [5.41, 5.74) is 1.63. The van der Waals surface area contributed by atoms with E-state index in [-0.39, 0.29) is 10.8 Å². The minimum Gasteiger partial charge on any atom is -0.496 e. The Balaban J connectivity index is 2.19. The van der Waals surface area contributed by atoms with Crippen LogP contribution in [-0.2, 0) is 21.4 Å². The van der Waals surface area contributed by atoms with Crippen LogP contribution in [0.1, 0.15) is 15.9 Å². The monoisotopic (exact) mass is 350 g/mol. The Kier molecular flexibility index (Phi) is 5.55. The molecular weight excluding hydrogens is 332 g/mol. The van der Waals surface area contributed by atoms with Gasteiger partial charge in [0.1, 0.15) is 5.75 Å². The third kappa shape index (κ3) is 4.31. The number of rotatable bonds is 6. The van der Waals surface area contributed by atoms with Gasteiger partial charge in [-0.2, -0.15) is 0 Å². The van der Waals surface area contributed by atoms with Gasteiger partial charge in [0.05, 0.1) is 18.6 Å². The van der Waals surface area contributed by atoms with Gasteiger partial charge in [-0.25, -0.2) is 13.6 Å². The topological polar surface area (TPSA) is 108 Å². The molecule has 0 saturated carbocycles. The normalized spacial score (nSPS) is 11.1. The molecule has 0 spiro atoms. The number of hydrogen-bond donors (Lipinski definition) is 2. The van der Waals surface area contributed by atoms with Gasteiger partial charge in [0.2, 0.25) is 10.0 Å². The van der Waals surface area contributed by atoms with Crippen LogP contribution in [0.25, 0.3) is 0 Å². The molecule has 0 saturated heterocycles. The van der Waals surface area contributed by atoms with Crippen LogP contribution in [0.4, 0.5) is 5.69 Å². The van der Waals surface area contributed by atoms with Crippen LogP contribution in [0.15, 0.2) is 47.4 Å². The van der Waals surface area contributed by atoms with Gasteiger partial charge >= 0.3 is 0 Å². The maximum absolute atomic E-state index is 12.3. The van der Waals surface area contributed by atoms with Crippen molar-refractivity contribution < 1.29 is 22.7 Å². The molecule has 0 bridgehead atoms. The molecular formula is C16H18N2O5S. The molecule has 0 heterocycles. The first kappa shape index (κ1) is 17.9. The predicted molar refractivity (Wildman–Crippen MR) is 89.5 cm³/mol. The van der Waals surface area contributed by atoms with Crippen molar-refractivity contribution in [2.75, 3.05) is 19.5 Å². The van der Waals surface area contributed by atoms with E-state index < -0.39 is 10.0 Å². The number of nitrogens with two attached hydrogens (primary N) is 1. The largest absolute Gasteiger partial charge is 0.496 e. The van der Waals surface area contributed by atoms with Crippen molar-refractivity contribution >= 4 is 21.6 Å². The van der Waals surface area contributed by atoms with E-state index >= 15 is 0 Å². The summed E-state index contributed by atoms with van der Waals surface area (Å²) < 4.78 is 32.7. The van der Waals surface area contributed by atoms with Crippen molar-refractivity contribution in [2.24, 2.45) is 5.14 Å². The average molecular weight is 350 g/mol. The third-order valence-corrected chi connectivity index (χ3v) is 4.21. The van der Waals surface area contributed by atoms with E-state index in [1.165, 1.54) is 24.3 Å². The first-order valence-corrected chi connectivity index (χ1v) is 8.50. The molecule has 2 rings (SSSR count). The van der Waals surface area contributed by atoms with E-state index in [4.69, 9.17) is 14.6 Å². The van der Waals surface area contributed by atoms with E-state index in [1.807, 2.05) is 0 Å². The summed E-state index contributed by atoms with van der Waals surface area (Å²) in [6.45, 7) is 0.313. The highest BCUT2D eigenvalue weighted by molar-refractivity contribution is 7.89. The molecule has 0 unspecified atom stereocenters. The van der Waals surface area contributed by atoms with Gasteiger partial charge in [0.25, 0.3) is 5.91 Å². The molecule has 0 aliphatic rings. The van der Waals surface area contributed by atoms with Crippen molar-refractivity contribution in [3.63, 3.8) is 0 Å². The smallest absolute Gasteiger partial charge is 0.255 e. The molecule has 3 N–H and O–H groups in total. The van der Waals surface area contributed by atoms with Gasteiger partial charge in [0.15, 0.2) is 0 Å². The van der Waals surface area contributed by atoms with Crippen LogP contribution in [-0.4, -0.2) is 28.5 Å². The Morgan fingerprint density at radius 1 is 1.12 bits per heavy atom. The van der Waals surface area contributed by atoms with Crippen LogP contribution in [0.5, 0.6) is 5.75 Å². The average Bonchev–Trinajstić information content (AvgIpc) is 2.54. The zero-order valence-electron chi connectivity index (χ0n) is 13.3. The van der Waals surface area contributed by atoms with Gasteiger partial charge in [-0.1, -0.05) is 0 Å². The van der Waals surface area contributed by atoms with Crippen molar-refractivity contribution in [2.45, 2.75) is 11.5 Å². The molecule has 1 amide bonds. The number of carbonyl (C=O) groups excluding carboxylic acids is 1. The third-order valence-electron chi connectivity index (χ3n) is 3.28. The second-order valence-electron chi connectivity index (χ2n) is 4.98. The van der Waals surface area contributed by atoms with Crippen molar-refractivity contribution in [3.05, 3.63) is 53.6 Å². The lowest BCUT2D eigenvalue weighted by Gasteiger charge is -2.11. The molecule has 0 radical (unpaired) electrons. The Bertz CT molecular complexity index is 832. The highest BCUT2D eigenvalue weighted by Crippen LogP contribution is 2.21. The number of methoxy groups -OCH3 is 2. The van der Waals surface area contributed by atoms with E-state index in [0.717, 1.165) is 5.56 Å². The molecule has 0 aliphatic heterocycles. The first-order valence-electron chi connectivity index (χ1n) is 6.95. The summed E-state index contributed by atoms with van der Waals surface area (Å²) in [6.07, 6.45) is 0. The number of ether oxygens (including phenoxy) is 2. The number of primary sulfonamides is 1. The Labute approximate surface area is 140 Å². The van der Waals surface area contributed by atoms with Crippen LogP contribution in [0.2, 0.25) is 0 Å². The van der Waals surface area contributed by atoms with E-state index in [9.17, 15) is 13.2 Å². The summed E-state index contributed by atoms with van der Waals surface area (Å²) in [7, 11) is -0.663. The first-order chi connectivity index (χ1) is 11.3. The highest BCUT2D eigenvalue weighted by atomic mass is 32.2. The fourth-order valence-corrected chi connectivity index (χ4v) is 2.63. The molecule has 2 aromatic rings. The van der Waals surface area contributed by atoms with E-state index in [1.54, 1.807) is 32.4 Å². The molecule has 24 heavy (non-hydrogen) atoms. The van der Waals surface area contributed by atoms with Gasteiger partial charge in [-0.3, -0.25) is 4.79 Å². The fraction of sp³-hybridized carbons (Fsp3) is 0.188. The molecule has 0 aliphatic carbocycles. The number of anilines is 1. The summed E-state index contributed by atoms with van der Waals surface area (Å²) in [6, 6.07) is 10.6. The number of benzene rings is 2. The number of nitrogens with one attached hydrogen (secondary N) is 1. The second-order valence-corrected chi connectivity index (χ2v) is 6.54. The summed E-state index contributed by atoms with van der Waals surface area (Å²) >= 11 is 0. The van der Waals surface area contributed by atoms with Crippen molar-refractivity contribution in [3.8, 4) is 5.75 Å². The molecule has 8 heteroatoms. The summed E-state index contributed by atoms with van der Waals surface area (Å²) in [5.74, 6) is 0.296. The maximum atomic E-state index is 12.3. The van der Waals surface area contributed by atoms with Gasteiger partial charge < -0.3 is 14.8 Å². The molecule has 2 aromatic carbocycles. The SMILES string of the molecule is COCc1cc(C(=O)Nc2ccc(S(N)(=O)=O)cc2)ccc1OC. The van der Waals surface area contributed by atoms with Gasteiger partial charge in [-0.15, -0.1) is 0 Å². The zero-order valence-corrected chi connectivity index (χ0v) is 14.1. The lowest BCUT2D eigenvalue weighted by Crippen LogP contribution is -2.14. The number of carbonyl (C=O) groups is 1. The van der Waals surface area contributed by atoms with E-state index in [0.29, 0.717) is 23.6 Å². The van der Waals surface area contributed by atoms with Crippen molar-refractivity contribution in [1.82, 2.24) is 0 Å². The van der Waals surface area contributed by atoms with Crippen LogP contribution in [0.3, 0.4) is 0 Å². The maximum Gasteiger partial charge on any atom is 0.255 e. The molecule has 0 aromatic heterocycles. The standard InChI is InChI=1S/C16H18N2O5S/c1-22-10-12-9-11(3-8-15(12)23-2)16(19)18-13-4-6-14(7-5-13)24(17,20)21/h3-9H,10H2,1-2H3,(H,18,19)(H2,17,20,21). The molecule has 7 nitrogen and oxygen atoms in total. The lowest BCUT2D eigenvalue weighted by molar-refractivity contribution is 0.102. The number of hydrogen-bond acceptors (Lipinski definition) is 5. The van der Waals surface area contributed by atoms with E-state index in [2.05, 4.69) is 5.32 Å². The van der Waals surface area contributed by atoms with Gasteiger partial charge in [0, 0.05) is 23.9 Å². The second kappa shape index (κ2) is 7.43. The molecule has 0 atom stereocenters. The van der Waals surface area contributed by atoms with Crippen LogP contribution >= 0.6 is 0 Å². The zero-order chi connectivity index (χ0) is 17.7. The lowest BCUT2D eigenvalue weighted by atomic mass is 10.1. The Hall–Kier alpha value is -2.42. The minimum absolute atomic E-state index is 0.0210. The van der Waals surface area contributed by atoms with Gasteiger partial charge in [-0.05, 0) is 42.5 Å². The summed E-state index contributed by atoms with van der Waals surface area (Å²) in [4.78, 5) is 12.3. The fourth-order valence-electron chi connectivity index (χ4n) is 2.12. The highest BCUT2D eigenvalue weighted by Gasteiger charge is 2.12. The quantitative estimate of drug-likeness (QED) is 0.825. The Morgan fingerprint density at radius 3 is 2.33 bits per heavy atom.